The van der Waals surface area contributed by atoms with Gasteiger partial charge in [-0.05, 0) is 57.4 Å². The van der Waals surface area contributed by atoms with Gasteiger partial charge in [0, 0.05) is 17.7 Å². The fourth-order valence-corrected chi connectivity index (χ4v) is 3.83. The minimum atomic E-state index is -1.21. The number of ether oxygens (including phenoxy) is 2. The zero-order valence-electron chi connectivity index (χ0n) is 15.8. The van der Waals surface area contributed by atoms with Crippen molar-refractivity contribution in [2.24, 2.45) is 11.1 Å². The van der Waals surface area contributed by atoms with E-state index in [4.69, 9.17) is 15.2 Å². The number of thiazole rings is 1. The van der Waals surface area contributed by atoms with Crippen molar-refractivity contribution in [3.63, 3.8) is 0 Å². The van der Waals surface area contributed by atoms with Crippen LogP contribution in [-0.2, 0) is 14.3 Å². The number of hydrogen-bond donors (Lipinski definition) is 2. The second-order valence-electron chi connectivity index (χ2n) is 6.87. The molecular weight excluding hydrogens is 366 g/mol. The van der Waals surface area contributed by atoms with Crippen LogP contribution < -0.4 is 15.8 Å². The highest BCUT2D eigenvalue weighted by molar-refractivity contribution is 7.13. The maximum atomic E-state index is 12.6. The van der Waals surface area contributed by atoms with Gasteiger partial charge in [0.25, 0.3) is 5.19 Å². The van der Waals surface area contributed by atoms with Crippen molar-refractivity contribution >= 4 is 28.8 Å². The summed E-state index contributed by atoms with van der Waals surface area (Å²) in [5.41, 5.74) is 6.64. The van der Waals surface area contributed by atoms with E-state index in [-0.39, 0.29) is 6.10 Å². The predicted molar refractivity (Wildman–Crippen MR) is 103 cm³/mol. The maximum Gasteiger partial charge on any atom is 0.279 e. The molecule has 0 spiro atoms. The zero-order valence-corrected chi connectivity index (χ0v) is 16.6. The molecule has 0 radical (unpaired) electrons. The summed E-state index contributed by atoms with van der Waals surface area (Å²) in [7, 11) is 1.56. The molecule has 0 saturated heterocycles. The lowest BCUT2D eigenvalue weighted by Gasteiger charge is -2.42. The largest absolute Gasteiger partial charge is 0.431 e. The van der Waals surface area contributed by atoms with Crippen molar-refractivity contribution in [2.75, 3.05) is 12.4 Å². The number of aryl methyl sites for hydroxylation is 3. The molecule has 27 heavy (non-hydrogen) atoms. The predicted octanol–water partition coefficient (Wildman–Crippen LogP) is 3.08. The van der Waals surface area contributed by atoms with Crippen LogP contribution in [0, 0.1) is 26.2 Å². The number of carbonyl (C=O) groups is 2. The summed E-state index contributed by atoms with van der Waals surface area (Å²) in [5.74, 6) is -0.364. The van der Waals surface area contributed by atoms with Crippen molar-refractivity contribution in [1.82, 2.24) is 4.98 Å². The van der Waals surface area contributed by atoms with E-state index in [2.05, 4.69) is 10.3 Å². The number of carbonyl (C=O) groups excluding carboxylic acids is 2. The molecule has 2 aromatic rings. The Morgan fingerprint density at radius 1 is 1.30 bits per heavy atom. The lowest BCUT2D eigenvalue weighted by atomic mass is 9.65. The van der Waals surface area contributed by atoms with Crippen LogP contribution in [0.3, 0.4) is 0 Å². The van der Waals surface area contributed by atoms with E-state index in [1.807, 2.05) is 20.8 Å². The van der Waals surface area contributed by atoms with Crippen molar-refractivity contribution < 1.29 is 19.1 Å². The van der Waals surface area contributed by atoms with Gasteiger partial charge in [0.15, 0.2) is 0 Å². The molecule has 0 unspecified atom stereocenters. The van der Waals surface area contributed by atoms with E-state index in [0.29, 0.717) is 29.5 Å². The Morgan fingerprint density at radius 3 is 2.52 bits per heavy atom. The van der Waals surface area contributed by atoms with Crippen LogP contribution in [0.1, 0.15) is 29.0 Å². The number of amides is 2. The Hall–Kier alpha value is -2.45. The number of nitrogens with one attached hydrogen (secondary N) is 1. The Morgan fingerprint density at radius 2 is 2.00 bits per heavy atom. The van der Waals surface area contributed by atoms with Crippen LogP contribution in [0.25, 0.3) is 0 Å². The highest BCUT2D eigenvalue weighted by atomic mass is 32.1. The molecule has 1 aromatic heterocycles. The first kappa shape index (κ1) is 19.3. The fraction of sp³-hybridized carbons (Fsp3) is 0.421. The van der Waals surface area contributed by atoms with Crippen molar-refractivity contribution in [3.05, 3.63) is 34.3 Å². The van der Waals surface area contributed by atoms with Crippen LogP contribution in [-0.4, -0.2) is 30.0 Å². The summed E-state index contributed by atoms with van der Waals surface area (Å²) < 4.78 is 11.0. The Bertz CT molecular complexity index is 868. The smallest absolute Gasteiger partial charge is 0.279 e. The lowest BCUT2D eigenvalue weighted by molar-refractivity contribution is -0.154. The molecule has 7 nitrogen and oxygen atoms in total. The Labute approximate surface area is 161 Å². The van der Waals surface area contributed by atoms with Gasteiger partial charge >= 0.3 is 0 Å². The number of primary amides is 1. The quantitative estimate of drug-likeness (QED) is 0.739. The van der Waals surface area contributed by atoms with E-state index in [1.165, 1.54) is 11.3 Å². The fourth-order valence-electron chi connectivity index (χ4n) is 3.06. The van der Waals surface area contributed by atoms with Crippen LogP contribution >= 0.6 is 11.3 Å². The van der Waals surface area contributed by atoms with E-state index >= 15 is 0 Å². The molecule has 8 heteroatoms. The summed E-state index contributed by atoms with van der Waals surface area (Å²) in [6.45, 7) is 5.81. The van der Waals surface area contributed by atoms with Gasteiger partial charge in [-0.3, -0.25) is 9.59 Å². The number of methoxy groups -OCH3 is 1. The van der Waals surface area contributed by atoms with Crippen LogP contribution in [0.15, 0.2) is 18.2 Å². The minimum absolute atomic E-state index is 0.119. The van der Waals surface area contributed by atoms with Crippen LogP contribution in [0.2, 0.25) is 0 Å². The van der Waals surface area contributed by atoms with E-state index < -0.39 is 17.2 Å². The minimum Gasteiger partial charge on any atom is -0.431 e. The number of nitrogens with two attached hydrogens (primary N) is 1. The number of benzene rings is 1. The summed E-state index contributed by atoms with van der Waals surface area (Å²) in [4.78, 5) is 29.9. The average Bonchev–Trinajstić information content (AvgIpc) is 2.87. The first-order valence-corrected chi connectivity index (χ1v) is 9.43. The molecule has 1 saturated carbocycles. The molecular formula is C19H23N3O4S. The SMILES string of the molecule is COC1CC(C(N)=O)(C(=O)Nc2ccc(Oc3nc(C)c(C)s3)c(C)c2)C1. The zero-order chi connectivity index (χ0) is 19.8. The molecule has 1 aromatic carbocycles. The van der Waals surface area contributed by atoms with Crippen LogP contribution in [0.5, 0.6) is 10.9 Å². The standard InChI is InChI=1S/C19H23N3O4S/c1-10-7-13(5-6-15(10)26-18-21-11(2)12(3)27-18)22-17(24)19(16(20)23)8-14(9-19)25-4/h5-7,14H,8-9H2,1-4H3,(H2,20,23)(H,22,24). The first-order chi connectivity index (χ1) is 12.7. The number of nitrogens with zero attached hydrogens (tertiary/aromatic N) is 1. The van der Waals surface area contributed by atoms with Crippen molar-refractivity contribution in [1.29, 1.82) is 0 Å². The van der Waals surface area contributed by atoms with Crippen molar-refractivity contribution in [3.8, 4) is 10.9 Å². The highest BCUT2D eigenvalue weighted by Gasteiger charge is 2.55. The molecule has 3 N–H and O–H groups in total. The van der Waals surface area contributed by atoms with E-state index in [0.717, 1.165) is 16.1 Å². The van der Waals surface area contributed by atoms with Gasteiger partial charge < -0.3 is 20.5 Å². The van der Waals surface area contributed by atoms with Gasteiger partial charge in [-0.15, -0.1) is 0 Å². The summed E-state index contributed by atoms with van der Waals surface area (Å²) in [6, 6.07) is 5.29. The van der Waals surface area contributed by atoms with Gasteiger partial charge in [0.2, 0.25) is 11.8 Å². The van der Waals surface area contributed by atoms with Gasteiger partial charge in [0.1, 0.15) is 11.2 Å². The monoisotopic (exact) mass is 389 g/mol. The molecule has 0 aliphatic heterocycles. The number of rotatable bonds is 6. The molecule has 144 valence electrons. The lowest BCUT2D eigenvalue weighted by Crippen LogP contribution is -2.57. The molecule has 1 aliphatic rings. The van der Waals surface area contributed by atoms with Gasteiger partial charge in [-0.25, -0.2) is 4.98 Å². The third-order valence-corrected chi connectivity index (χ3v) is 5.98. The molecule has 1 heterocycles. The number of anilines is 1. The molecule has 0 atom stereocenters. The Balaban J connectivity index is 1.72. The highest BCUT2D eigenvalue weighted by Crippen LogP contribution is 2.43. The number of hydrogen-bond acceptors (Lipinski definition) is 6. The van der Waals surface area contributed by atoms with Gasteiger partial charge in [-0.2, -0.15) is 0 Å². The maximum absolute atomic E-state index is 12.6. The average molecular weight is 389 g/mol. The van der Waals surface area contributed by atoms with Crippen LogP contribution in [0.4, 0.5) is 5.69 Å². The summed E-state index contributed by atoms with van der Waals surface area (Å²) in [6.07, 6.45) is 0.479. The van der Waals surface area contributed by atoms with E-state index in [1.54, 1.807) is 25.3 Å². The topological polar surface area (TPSA) is 104 Å². The third kappa shape index (κ3) is 3.68. The second kappa shape index (κ2) is 7.28. The van der Waals surface area contributed by atoms with Gasteiger partial charge in [-0.1, -0.05) is 11.3 Å². The molecule has 3 rings (SSSR count). The molecule has 2 amide bonds. The normalized spacial score (nSPS) is 21.4. The summed E-state index contributed by atoms with van der Waals surface area (Å²) in [5, 5.41) is 3.37. The van der Waals surface area contributed by atoms with E-state index in [9.17, 15) is 9.59 Å². The molecule has 1 aliphatic carbocycles. The summed E-state index contributed by atoms with van der Waals surface area (Å²) >= 11 is 1.49. The second-order valence-corrected chi connectivity index (χ2v) is 8.04. The van der Waals surface area contributed by atoms with Gasteiger partial charge in [0.05, 0.1) is 11.8 Å². The Kier molecular flexibility index (Phi) is 5.21. The first-order valence-electron chi connectivity index (χ1n) is 8.62. The number of aromatic nitrogens is 1. The third-order valence-electron chi connectivity index (χ3n) is 5.03. The van der Waals surface area contributed by atoms with Crippen molar-refractivity contribution in [2.45, 2.75) is 39.7 Å². The molecule has 0 bridgehead atoms. The molecule has 1 fully saturated rings.